The Hall–Kier alpha value is -2.08. The van der Waals surface area contributed by atoms with Crippen molar-refractivity contribution in [3.8, 4) is 5.75 Å². The molecule has 21 heavy (non-hydrogen) atoms. The van der Waals surface area contributed by atoms with Crippen LogP contribution in [0.15, 0.2) is 29.4 Å². The van der Waals surface area contributed by atoms with Crippen molar-refractivity contribution >= 4 is 11.6 Å². The molecule has 1 aliphatic rings. The fourth-order valence-electron chi connectivity index (χ4n) is 2.10. The highest BCUT2D eigenvalue weighted by Gasteiger charge is 2.29. The van der Waals surface area contributed by atoms with Gasteiger partial charge in [0.1, 0.15) is 5.75 Å². The monoisotopic (exact) mass is 292 g/mol. The van der Waals surface area contributed by atoms with Crippen LogP contribution in [0.5, 0.6) is 5.75 Å². The number of methoxy groups -OCH3 is 2. The van der Waals surface area contributed by atoms with E-state index < -0.39 is 6.10 Å². The number of carbonyl (C=O) groups excluding carboxylic acids is 1. The normalized spacial score (nSPS) is 17.0. The quantitative estimate of drug-likeness (QED) is 0.770. The van der Waals surface area contributed by atoms with E-state index in [4.69, 9.17) is 14.3 Å². The largest absolute Gasteiger partial charge is 0.496 e. The fourth-order valence-corrected chi connectivity index (χ4v) is 2.10. The number of ether oxygens (including phenoxy) is 2. The van der Waals surface area contributed by atoms with E-state index in [0.717, 1.165) is 23.4 Å². The molecule has 1 heterocycles. The van der Waals surface area contributed by atoms with Crippen molar-refractivity contribution in [3.05, 3.63) is 29.8 Å². The number of hydrogen-bond donors (Lipinski definition) is 1. The summed E-state index contributed by atoms with van der Waals surface area (Å²) in [5.74, 6) is 0.570. The lowest BCUT2D eigenvalue weighted by Gasteiger charge is -2.09. The highest BCUT2D eigenvalue weighted by atomic mass is 16.6. The summed E-state index contributed by atoms with van der Waals surface area (Å²) in [6, 6.07) is 7.55. The van der Waals surface area contributed by atoms with Crippen molar-refractivity contribution in [2.45, 2.75) is 18.9 Å². The molecule has 1 unspecified atom stereocenters. The molecule has 0 fully saturated rings. The Morgan fingerprint density at radius 3 is 3.00 bits per heavy atom. The van der Waals surface area contributed by atoms with Gasteiger partial charge >= 0.3 is 0 Å². The van der Waals surface area contributed by atoms with Gasteiger partial charge in [-0.05, 0) is 18.6 Å². The maximum absolute atomic E-state index is 12.0. The number of nitrogens with zero attached hydrogens (tertiary/aromatic N) is 1. The molecule has 0 bridgehead atoms. The Morgan fingerprint density at radius 2 is 2.24 bits per heavy atom. The zero-order chi connectivity index (χ0) is 15.1. The predicted octanol–water partition coefficient (Wildman–Crippen LogP) is 1.34. The minimum atomic E-state index is -0.576. The van der Waals surface area contributed by atoms with Crippen LogP contribution in [0.1, 0.15) is 18.4 Å². The predicted molar refractivity (Wildman–Crippen MR) is 78.5 cm³/mol. The highest BCUT2D eigenvalue weighted by Crippen LogP contribution is 2.24. The van der Waals surface area contributed by atoms with Crippen molar-refractivity contribution < 1.29 is 19.1 Å². The average molecular weight is 292 g/mol. The Bertz CT molecular complexity index is 516. The van der Waals surface area contributed by atoms with Crippen molar-refractivity contribution in [2.75, 3.05) is 27.4 Å². The van der Waals surface area contributed by atoms with Crippen LogP contribution in [0.4, 0.5) is 0 Å². The minimum Gasteiger partial charge on any atom is -0.496 e. The lowest BCUT2D eigenvalue weighted by Crippen LogP contribution is -2.35. The molecule has 1 aromatic rings. The standard InChI is InChI=1S/C15H20N2O4/c1-19-9-5-8-16-15(18)14-10-12(17-21-14)11-6-3-4-7-13(11)20-2/h3-4,6-7,14H,5,8-10H2,1-2H3,(H,16,18). The third-order valence-electron chi connectivity index (χ3n) is 3.20. The number of rotatable bonds is 7. The molecule has 1 atom stereocenters. The van der Waals surface area contributed by atoms with E-state index in [-0.39, 0.29) is 5.91 Å². The first-order chi connectivity index (χ1) is 10.3. The minimum absolute atomic E-state index is 0.153. The van der Waals surface area contributed by atoms with Crippen LogP contribution in [0.2, 0.25) is 0 Å². The topological polar surface area (TPSA) is 69.2 Å². The molecule has 0 aliphatic carbocycles. The van der Waals surface area contributed by atoms with Gasteiger partial charge in [-0.1, -0.05) is 17.3 Å². The Labute approximate surface area is 124 Å². The summed E-state index contributed by atoms with van der Waals surface area (Å²) in [4.78, 5) is 17.2. The van der Waals surface area contributed by atoms with E-state index in [0.29, 0.717) is 19.6 Å². The molecule has 0 saturated carbocycles. The Balaban J connectivity index is 1.89. The van der Waals surface area contributed by atoms with Crippen molar-refractivity contribution in [3.63, 3.8) is 0 Å². The molecule has 0 spiro atoms. The smallest absolute Gasteiger partial charge is 0.264 e. The van der Waals surface area contributed by atoms with Crippen LogP contribution in [0.25, 0.3) is 0 Å². The maximum atomic E-state index is 12.0. The summed E-state index contributed by atoms with van der Waals surface area (Å²) in [6.45, 7) is 1.19. The van der Waals surface area contributed by atoms with E-state index >= 15 is 0 Å². The number of nitrogens with one attached hydrogen (secondary N) is 1. The van der Waals surface area contributed by atoms with Gasteiger partial charge in [0.15, 0.2) is 0 Å². The number of carbonyl (C=O) groups is 1. The molecule has 1 amide bonds. The maximum Gasteiger partial charge on any atom is 0.264 e. The second-order valence-corrected chi connectivity index (χ2v) is 4.67. The average Bonchev–Trinajstić information content (AvgIpc) is 3.01. The van der Waals surface area contributed by atoms with E-state index in [1.54, 1.807) is 14.2 Å². The number of benzene rings is 1. The molecule has 1 N–H and O–H groups in total. The van der Waals surface area contributed by atoms with Crippen LogP contribution in [0, 0.1) is 0 Å². The van der Waals surface area contributed by atoms with Gasteiger partial charge in [0, 0.05) is 32.2 Å². The van der Waals surface area contributed by atoms with Crippen LogP contribution in [0.3, 0.4) is 0 Å². The van der Waals surface area contributed by atoms with E-state index in [2.05, 4.69) is 10.5 Å². The molecule has 0 saturated heterocycles. The van der Waals surface area contributed by atoms with Gasteiger partial charge in [0.25, 0.3) is 5.91 Å². The first kappa shape index (κ1) is 15.3. The first-order valence-electron chi connectivity index (χ1n) is 6.89. The summed E-state index contributed by atoms with van der Waals surface area (Å²) < 4.78 is 10.2. The molecule has 1 aliphatic heterocycles. The third kappa shape index (κ3) is 3.95. The molecule has 1 aromatic carbocycles. The van der Waals surface area contributed by atoms with Crippen LogP contribution in [-0.4, -0.2) is 45.1 Å². The van der Waals surface area contributed by atoms with Crippen molar-refractivity contribution in [1.29, 1.82) is 0 Å². The molecular weight excluding hydrogens is 272 g/mol. The zero-order valence-corrected chi connectivity index (χ0v) is 12.3. The van der Waals surface area contributed by atoms with E-state index in [9.17, 15) is 4.79 Å². The van der Waals surface area contributed by atoms with Crippen LogP contribution in [-0.2, 0) is 14.4 Å². The van der Waals surface area contributed by atoms with Crippen LogP contribution < -0.4 is 10.1 Å². The molecule has 6 nitrogen and oxygen atoms in total. The molecule has 0 radical (unpaired) electrons. The second kappa shape index (κ2) is 7.64. The van der Waals surface area contributed by atoms with Gasteiger partial charge in [-0.25, -0.2) is 0 Å². The lowest BCUT2D eigenvalue weighted by atomic mass is 10.0. The number of oxime groups is 1. The van der Waals surface area contributed by atoms with E-state index in [1.165, 1.54) is 0 Å². The molecule has 2 rings (SSSR count). The summed E-state index contributed by atoms with van der Waals surface area (Å²) in [5, 5.41) is 6.82. The summed E-state index contributed by atoms with van der Waals surface area (Å²) in [6.07, 6.45) is 0.638. The number of hydrogen-bond acceptors (Lipinski definition) is 5. The van der Waals surface area contributed by atoms with Gasteiger partial charge in [-0.2, -0.15) is 0 Å². The summed E-state index contributed by atoms with van der Waals surface area (Å²) >= 11 is 0. The first-order valence-corrected chi connectivity index (χ1v) is 6.89. The molecule has 0 aromatic heterocycles. The highest BCUT2D eigenvalue weighted by molar-refractivity contribution is 6.05. The van der Waals surface area contributed by atoms with Gasteiger partial charge in [-0.3, -0.25) is 4.79 Å². The second-order valence-electron chi connectivity index (χ2n) is 4.67. The zero-order valence-electron chi connectivity index (χ0n) is 12.3. The number of amides is 1. The fraction of sp³-hybridized carbons (Fsp3) is 0.467. The SMILES string of the molecule is COCCCNC(=O)C1CC(c2ccccc2OC)=NO1. The molecule has 114 valence electrons. The molecular formula is C15H20N2O4. The van der Waals surface area contributed by atoms with Crippen LogP contribution >= 0.6 is 0 Å². The van der Waals surface area contributed by atoms with Gasteiger partial charge in [-0.15, -0.1) is 0 Å². The Morgan fingerprint density at radius 1 is 1.43 bits per heavy atom. The van der Waals surface area contributed by atoms with Gasteiger partial charge < -0.3 is 19.6 Å². The summed E-state index contributed by atoms with van der Waals surface area (Å²) in [5.41, 5.74) is 1.58. The van der Waals surface area contributed by atoms with Crippen molar-refractivity contribution in [1.82, 2.24) is 5.32 Å². The Kier molecular flexibility index (Phi) is 5.57. The molecule has 6 heteroatoms. The number of para-hydroxylation sites is 1. The third-order valence-corrected chi connectivity index (χ3v) is 3.20. The summed E-state index contributed by atoms with van der Waals surface area (Å²) in [7, 11) is 3.24. The van der Waals surface area contributed by atoms with Gasteiger partial charge in [0.2, 0.25) is 6.10 Å². The lowest BCUT2D eigenvalue weighted by molar-refractivity contribution is -0.131. The van der Waals surface area contributed by atoms with Crippen molar-refractivity contribution in [2.24, 2.45) is 5.16 Å². The van der Waals surface area contributed by atoms with Gasteiger partial charge in [0.05, 0.1) is 12.8 Å². The van der Waals surface area contributed by atoms with E-state index in [1.807, 2.05) is 24.3 Å².